The van der Waals surface area contributed by atoms with E-state index < -0.39 is 0 Å². The molecule has 0 spiro atoms. The van der Waals surface area contributed by atoms with Crippen LogP contribution in [0.3, 0.4) is 0 Å². The molecular formula is C14H24NO2P. The number of nitrogens with zero attached hydrogens (tertiary/aromatic N) is 1. The summed E-state index contributed by atoms with van der Waals surface area (Å²) < 4.78 is 10.7. The summed E-state index contributed by atoms with van der Waals surface area (Å²) in [6.45, 7) is 0. The van der Waals surface area contributed by atoms with E-state index in [1.165, 1.54) is 38.5 Å². The second kappa shape index (κ2) is 7.23. The lowest BCUT2D eigenvalue weighted by molar-refractivity contribution is -0.135. The van der Waals surface area contributed by atoms with Crippen LogP contribution in [0.2, 0.25) is 0 Å². The lowest BCUT2D eigenvalue weighted by Crippen LogP contribution is -2.49. The molecule has 1 amide bonds. The summed E-state index contributed by atoms with van der Waals surface area (Å²) >= 11 is 0. The van der Waals surface area contributed by atoms with E-state index in [0.717, 1.165) is 25.7 Å². The van der Waals surface area contributed by atoms with Gasteiger partial charge in [0.2, 0.25) is 5.91 Å². The molecule has 0 aromatic carbocycles. The molecule has 3 nitrogen and oxygen atoms in total. The van der Waals surface area contributed by atoms with Crippen LogP contribution in [-0.4, -0.2) is 29.1 Å². The topological polar surface area (TPSA) is 37.4 Å². The molecule has 0 aromatic heterocycles. The average Bonchev–Trinajstić information content (AvgIpc) is 2.42. The van der Waals surface area contributed by atoms with Crippen LogP contribution < -0.4 is 0 Å². The van der Waals surface area contributed by atoms with Gasteiger partial charge in [-0.15, -0.1) is 0 Å². The third-order valence-corrected chi connectivity index (χ3v) is 4.82. The van der Waals surface area contributed by atoms with Crippen LogP contribution in [0, 0.1) is 0 Å². The smallest absolute Gasteiger partial charge is 0.234 e. The van der Waals surface area contributed by atoms with Crippen LogP contribution in [0.25, 0.3) is 0 Å². The van der Waals surface area contributed by atoms with Crippen molar-refractivity contribution in [3.05, 3.63) is 0 Å². The molecular weight excluding hydrogens is 245 g/mol. The summed E-state index contributed by atoms with van der Waals surface area (Å²) in [6, 6.07) is 0.854. The number of hydrogen-bond donors (Lipinski definition) is 0. The van der Waals surface area contributed by atoms with Gasteiger partial charge in [-0.1, -0.05) is 38.5 Å². The highest BCUT2D eigenvalue weighted by atomic mass is 31.1. The lowest BCUT2D eigenvalue weighted by atomic mass is 9.88. The normalized spacial score (nSPS) is 23.1. The molecule has 0 N–H and O–H groups in total. The first kappa shape index (κ1) is 14.0. The Hall–Kier alpha value is -0.430. The van der Waals surface area contributed by atoms with E-state index in [1.807, 2.05) is 0 Å². The van der Waals surface area contributed by atoms with Crippen molar-refractivity contribution in [2.75, 3.05) is 6.16 Å². The Kier molecular flexibility index (Phi) is 5.62. The minimum atomic E-state index is -0.0285. The van der Waals surface area contributed by atoms with Crippen LogP contribution in [0.4, 0.5) is 0 Å². The van der Waals surface area contributed by atoms with Crippen molar-refractivity contribution in [3.8, 4) is 0 Å². The first-order valence-electron chi connectivity index (χ1n) is 7.43. The molecule has 2 aliphatic carbocycles. The van der Waals surface area contributed by atoms with Gasteiger partial charge >= 0.3 is 0 Å². The molecule has 4 heteroatoms. The maximum atomic E-state index is 12.3. The highest BCUT2D eigenvalue weighted by Gasteiger charge is 2.31. The van der Waals surface area contributed by atoms with Gasteiger partial charge in [-0.05, 0) is 25.7 Å². The van der Waals surface area contributed by atoms with E-state index >= 15 is 0 Å². The Bertz CT molecular complexity index is 266. The SMILES string of the molecule is O=PCC(=O)N(C1CCCCC1)C1CCCCC1. The molecule has 0 bridgehead atoms. The van der Waals surface area contributed by atoms with Gasteiger partial charge in [0.1, 0.15) is 6.16 Å². The van der Waals surface area contributed by atoms with Crippen LogP contribution in [0.1, 0.15) is 64.2 Å². The van der Waals surface area contributed by atoms with Crippen molar-refractivity contribution in [3.63, 3.8) is 0 Å². The van der Waals surface area contributed by atoms with E-state index in [2.05, 4.69) is 4.90 Å². The van der Waals surface area contributed by atoms with Crippen LogP contribution >= 0.6 is 8.46 Å². The van der Waals surface area contributed by atoms with Crippen LogP contribution in [-0.2, 0) is 9.36 Å². The van der Waals surface area contributed by atoms with Gasteiger partial charge in [0.15, 0.2) is 8.46 Å². The van der Waals surface area contributed by atoms with Gasteiger partial charge in [0, 0.05) is 12.1 Å². The predicted octanol–water partition coefficient (Wildman–Crippen LogP) is 3.77. The average molecular weight is 269 g/mol. The predicted molar refractivity (Wildman–Crippen MR) is 73.1 cm³/mol. The van der Waals surface area contributed by atoms with E-state index in [4.69, 9.17) is 0 Å². The highest BCUT2D eigenvalue weighted by molar-refractivity contribution is 7.25. The maximum Gasteiger partial charge on any atom is 0.234 e. The van der Waals surface area contributed by atoms with Gasteiger partial charge < -0.3 is 4.90 Å². The largest absolute Gasteiger partial charge is 0.336 e. The third-order valence-electron chi connectivity index (χ3n) is 4.42. The first-order chi connectivity index (χ1) is 8.83. The Labute approximate surface area is 112 Å². The minimum absolute atomic E-state index is 0.0285. The number of hydrogen-bond acceptors (Lipinski definition) is 2. The van der Waals surface area contributed by atoms with E-state index in [9.17, 15) is 9.36 Å². The zero-order valence-electron chi connectivity index (χ0n) is 11.1. The summed E-state index contributed by atoms with van der Waals surface area (Å²) in [4.78, 5) is 14.4. The molecule has 0 heterocycles. The van der Waals surface area contributed by atoms with Crippen LogP contribution in [0.15, 0.2) is 0 Å². The van der Waals surface area contributed by atoms with Gasteiger partial charge in [-0.25, -0.2) is 0 Å². The number of carbonyl (C=O) groups is 1. The molecule has 0 atom stereocenters. The molecule has 102 valence electrons. The number of carbonyl (C=O) groups excluding carboxylic acids is 1. The zero-order valence-corrected chi connectivity index (χ0v) is 12.0. The van der Waals surface area contributed by atoms with Crippen LogP contribution in [0.5, 0.6) is 0 Å². The Morgan fingerprint density at radius 1 is 0.889 bits per heavy atom. The van der Waals surface area contributed by atoms with E-state index in [0.29, 0.717) is 12.1 Å². The lowest BCUT2D eigenvalue weighted by Gasteiger charge is -2.41. The van der Waals surface area contributed by atoms with Crippen molar-refractivity contribution in [1.29, 1.82) is 0 Å². The molecule has 0 unspecified atom stereocenters. The summed E-state index contributed by atoms with van der Waals surface area (Å²) in [6.07, 6.45) is 12.4. The summed E-state index contributed by atoms with van der Waals surface area (Å²) in [5, 5.41) is 0. The fraction of sp³-hybridized carbons (Fsp3) is 0.929. The minimum Gasteiger partial charge on any atom is -0.336 e. The Morgan fingerprint density at radius 2 is 1.33 bits per heavy atom. The molecule has 0 saturated heterocycles. The van der Waals surface area contributed by atoms with Gasteiger partial charge in [0.25, 0.3) is 0 Å². The number of amides is 1. The second-order valence-electron chi connectivity index (χ2n) is 5.67. The van der Waals surface area contributed by atoms with E-state index in [-0.39, 0.29) is 20.5 Å². The molecule has 2 saturated carbocycles. The van der Waals surface area contributed by atoms with Crippen molar-refractivity contribution in [1.82, 2.24) is 4.90 Å². The van der Waals surface area contributed by atoms with E-state index in [1.54, 1.807) is 0 Å². The van der Waals surface area contributed by atoms with Crippen molar-refractivity contribution >= 4 is 14.4 Å². The maximum absolute atomic E-state index is 12.3. The molecule has 2 aliphatic rings. The summed E-state index contributed by atoms with van der Waals surface area (Å²) in [5.74, 6) is 0.116. The molecule has 0 aromatic rings. The fourth-order valence-corrected chi connectivity index (χ4v) is 3.83. The standard InChI is InChI=1S/C14H24NO2P/c16-14(11-18-17)15(12-7-3-1-4-8-12)13-9-5-2-6-10-13/h12-13H,1-11H2. The van der Waals surface area contributed by atoms with Gasteiger partial charge in [-0.2, -0.15) is 0 Å². The molecule has 2 rings (SSSR count). The van der Waals surface area contributed by atoms with Gasteiger partial charge in [-0.3, -0.25) is 9.36 Å². The van der Waals surface area contributed by atoms with Crippen molar-refractivity contribution in [2.45, 2.75) is 76.3 Å². The molecule has 0 aliphatic heterocycles. The summed E-state index contributed by atoms with van der Waals surface area (Å²) in [7, 11) is -0.0285. The summed E-state index contributed by atoms with van der Waals surface area (Å²) in [5.41, 5.74) is 0. The van der Waals surface area contributed by atoms with Crippen molar-refractivity contribution < 1.29 is 9.36 Å². The molecule has 0 radical (unpaired) electrons. The Balaban J connectivity index is 2.04. The molecule has 18 heavy (non-hydrogen) atoms. The Morgan fingerprint density at radius 3 is 1.72 bits per heavy atom. The quantitative estimate of drug-likeness (QED) is 0.728. The highest BCUT2D eigenvalue weighted by Crippen LogP contribution is 2.30. The fourth-order valence-electron chi connectivity index (χ4n) is 3.56. The number of rotatable bonds is 4. The third kappa shape index (κ3) is 3.54. The van der Waals surface area contributed by atoms with Crippen molar-refractivity contribution in [2.24, 2.45) is 0 Å². The second-order valence-corrected chi connectivity index (χ2v) is 6.25. The monoisotopic (exact) mass is 269 g/mol. The first-order valence-corrected chi connectivity index (χ1v) is 8.43. The van der Waals surface area contributed by atoms with Gasteiger partial charge in [0.05, 0.1) is 0 Å². The molecule has 2 fully saturated rings. The zero-order chi connectivity index (χ0) is 12.8.